The molecule has 1 atom stereocenters. The van der Waals surface area contributed by atoms with Crippen LogP contribution in [-0.4, -0.2) is 62.8 Å². The molecule has 0 spiro atoms. The number of nitrogens with one attached hydrogen (secondary N) is 1. The van der Waals surface area contributed by atoms with Gasteiger partial charge in [0, 0.05) is 25.7 Å². The van der Waals surface area contributed by atoms with Gasteiger partial charge >= 0.3 is 0 Å². The number of hydrogen-bond acceptors (Lipinski definition) is 5. The fourth-order valence-corrected chi connectivity index (χ4v) is 5.90. The molecule has 2 fully saturated rings. The third-order valence-corrected chi connectivity index (χ3v) is 8.23. The second kappa shape index (κ2) is 8.19. The third kappa shape index (κ3) is 3.80. The van der Waals surface area contributed by atoms with Gasteiger partial charge in [-0.2, -0.15) is 4.31 Å². The van der Waals surface area contributed by atoms with Crippen molar-refractivity contribution in [1.29, 1.82) is 0 Å². The Morgan fingerprint density at radius 1 is 1.13 bits per heavy atom. The SMILES string of the molecule is CCN(CC)S(=O)(=O)c1ccc2c(c1)N(CC(=O)NC1CC1)C(=O)C1CCCCN21. The van der Waals surface area contributed by atoms with Gasteiger partial charge in [0.2, 0.25) is 21.8 Å². The van der Waals surface area contributed by atoms with Gasteiger partial charge in [0.15, 0.2) is 0 Å². The molecule has 8 nitrogen and oxygen atoms in total. The molecule has 1 saturated carbocycles. The number of benzene rings is 1. The molecule has 9 heteroatoms. The highest BCUT2D eigenvalue weighted by molar-refractivity contribution is 7.89. The zero-order valence-electron chi connectivity index (χ0n) is 17.6. The minimum Gasteiger partial charge on any atom is -0.358 e. The van der Waals surface area contributed by atoms with Crippen LogP contribution in [-0.2, 0) is 19.6 Å². The van der Waals surface area contributed by atoms with Crippen molar-refractivity contribution in [2.24, 2.45) is 0 Å². The van der Waals surface area contributed by atoms with E-state index in [4.69, 9.17) is 0 Å². The van der Waals surface area contributed by atoms with Gasteiger partial charge in [-0.15, -0.1) is 0 Å². The fraction of sp³-hybridized carbons (Fsp3) is 0.619. The number of sulfonamides is 1. The number of carbonyl (C=O) groups is 2. The molecule has 1 saturated heterocycles. The van der Waals surface area contributed by atoms with Crippen molar-refractivity contribution in [2.75, 3.05) is 36.0 Å². The van der Waals surface area contributed by atoms with Crippen LogP contribution in [0.4, 0.5) is 11.4 Å². The Morgan fingerprint density at radius 2 is 1.87 bits per heavy atom. The molecule has 2 amide bonds. The number of hydrogen-bond donors (Lipinski definition) is 1. The van der Waals surface area contributed by atoms with Gasteiger partial charge in [-0.3, -0.25) is 14.5 Å². The van der Waals surface area contributed by atoms with Gasteiger partial charge in [-0.25, -0.2) is 8.42 Å². The lowest BCUT2D eigenvalue weighted by atomic mass is 9.96. The molecule has 1 unspecified atom stereocenters. The van der Waals surface area contributed by atoms with E-state index in [0.29, 0.717) is 18.8 Å². The Labute approximate surface area is 178 Å². The lowest BCUT2D eigenvalue weighted by Gasteiger charge is -2.45. The summed E-state index contributed by atoms with van der Waals surface area (Å²) in [6.45, 7) is 5.02. The maximum Gasteiger partial charge on any atom is 0.250 e. The summed E-state index contributed by atoms with van der Waals surface area (Å²) < 4.78 is 27.5. The first-order chi connectivity index (χ1) is 14.4. The van der Waals surface area contributed by atoms with E-state index in [1.807, 2.05) is 0 Å². The summed E-state index contributed by atoms with van der Waals surface area (Å²) >= 11 is 0. The number of piperidine rings is 1. The molecule has 30 heavy (non-hydrogen) atoms. The van der Waals surface area contributed by atoms with E-state index in [9.17, 15) is 18.0 Å². The van der Waals surface area contributed by atoms with E-state index in [1.165, 1.54) is 9.21 Å². The molecule has 0 bridgehead atoms. The number of amides is 2. The number of nitrogens with zero attached hydrogens (tertiary/aromatic N) is 3. The van der Waals surface area contributed by atoms with Crippen molar-refractivity contribution in [2.45, 2.75) is 62.9 Å². The van der Waals surface area contributed by atoms with E-state index in [0.717, 1.165) is 44.3 Å². The maximum atomic E-state index is 13.3. The van der Waals surface area contributed by atoms with Crippen molar-refractivity contribution in [1.82, 2.24) is 9.62 Å². The smallest absolute Gasteiger partial charge is 0.250 e. The van der Waals surface area contributed by atoms with Crippen LogP contribution < -0.4 is 15.1 Å². The van der Waals surface area contributed by atoms with Gasteiger partial charge in [-0.1, -0.05) is 13.8 Å². The molecule has 4 rings (SSSR count). The van der Waals surface area contributed by atoms with Gasteiger partial charge in [0.05, 0.1) is 16.3 Å². The summed E-state index contributed by atoms with van der Waals surface area (Å²) in [5.74, 6) is -0.316. The highest BCUT2D eigenvalue weighted by Gasteiger charge is 2.41. The fourth-order valence-electron chi connectivity index (χ4n) is 4.42. The summed E-state index contributed by atoms with van der Waals surface area (Å²) in [5.41, 5.74) is 1.34. The number of fused-ring (bicyclic) bond motifs is 3. The van der Waals surface area contributed by atoms with E-state index in [1.54, 1.807) is 32.0 Å². The van der Waals surface area contributed by atoms with Crippen LogP contribution in [0, 0.1) is 0 Å². The zero-order chi connectivity index (χ0) is 21.5. The topological polar surface area (TPSA) is 90.0 Å². The predicted molar refractivity (Wildman–Crippen MR) is 115 cm³/mol. The molecule has 0 aromatic heterocycles. The quantitative estimate of drug-likeness (QED) is 0.706. The van der Waals surface area contributed by atoms with Crippen molar-refractivity contribution in [3.8, 4) is 0 Å². The number of anilines is 2. The Kier molecular flexibility index (Phi) is 5.76. The summed E-state index contributed by atoms with van der Waals surface area (Å²) in [6, 6.07) is 4.90. The molecule has 1 aromatic carbocycles. The Morgan fingerprint density at radius 3 is 2.53 bits per heavy atom. The molecule has 1 N–H and O–H groups in total. The van der Waals surface area contributed by atoms with E-state index >= 15 is 0 Å². The molecule has 1 aliphatic carbocycles. The van der Waals surface area contributed by atoms with Crippen LogP contribution in [0.3, 0.4) is 0 Å². The van der Waals surface area contributed by atoms with E-state index in [-0.39, 0.29) is 35.3 Å². The van der Waals surface area contributed by atoms with Crippen molar-refractivity contribution in [3.63, 3.8) is 0 Å². The van der Waals surface area contributed by atoms with Crippen molar-refractivity contribution >= 4 is 33.2 Å². The second-order valence-corrected chi connectivity index (χ2v) is 10.1. The van der Waals surface area contributed by atoms with E-state index in [2.05, 4.69) is 10.2 Å². The van der Waals surface area contributed by atoms with Crippen LogP contribution >= 0.6 is 0 Å². The highest BCUT2D eigenvalue weighted by Crippen LogP contribution is 2.41. The molecule has 0 radical (unpaired) electrons. The highest BCUT2D eigenvalue weighted by atomic mass is 32.2. The average Bonchev–Trinajstić information content (AvgIpc) is 3.55. The predicted octanol–water partition coefficient (Wildman–Crippen LogP) is 1.70. The van der Waals surface area contributed by atoms with Crippen molar-refractivity contribution < 1.29 is 18.0 Å². The molecule has 3 aliphatic rings. The van der Waals surface area contributed by atoms with Crippen LogP contribution in [0.15, 0.2) is 23.1 Å². The lowest BCUT2D eigenvalue weighted by molar-refractivity contribution is -0.125. The second-order valence-electron chi connectivity index (χ2n) is 8.21. The maximum absolute atomic E-state index is 13.3. The van der Waals surface area contributed by atoms with Crippen LogP contribution in [0.5, 0.6) is 0 Å². The molecular weight excluding hydrogens is 404 g/mol. The minimum atomic E-state index is -3.67. The summed E-state index contributed by atoms with van der Waals surface area (Å²) in [7, 11) is -3.67. The van der Waals surface area contributed by atoms with Gasteiger partial charge in [0.1, 0.15) is 12.6 Å². The zero-order valence-corrected chi connectivity index (χ0v) is 18.5. The van der Waals surface area contributed by atoms with E-state index < -0.39 is 10.0 Å². The molecule has 1 aromatic rings. The van der Waals surface area contributed by atoms with Gasteiger partial charge in [-0.05, 0) is 50.3 Å². The minimum absolute atomic E-state index is 0.0819. The van der Waals surface area contributed by atoms with Gasteiger partial charge in [0.25, 0.3) is 0 Å². The standard InChI is InChI=1S/C21H30N4O4S/c1-3-23(4-2)30(28,29)16-10-11-17-19(13-16)25(14-20(26)22-15-8-9-15)21(27)18-7-5-6-12-24(17)18/h10-11,13,15,18H,3-9,12,14H2,1-2H3,(H,22,26). The first-order valence-electron chi connectivity index (χ1n) is 10.9. The Balaban J connectivity index is 1.74. The summed E-state index contributed by atoms with van der Waals surface area (Å²) in [6.07, 6.45) is 4.65. The molecule has 164 valence electrons. The summed E-state index contributed by atoms with van der Waals surface area (Å²) in [5, 5.41) is 2.93. The van der Waals surface area contributed by atoms with Crippen LogP contribution in [0.1, 0.15) is 46.0 Å². The third-order valence-electron chi connectivity index (χ3n) is 6.19. The normalized spacial score (nSPS) is 21.4. The summed E-state index contributed by atoms with van der Waals surface area (Å²) in [4.78, 5) is 29.5. The molecule has 2 heterocycles. The lowest BCUT2D eigenvalue weighted by Crippen LogP contribution is -2.57. The number of rotatable bonds is 7. The Hall–Kier alpha value is -2.13. The first-order valence-corrected chi connectivity index (χ1v) is 12.3. The average molecular weight is 435 g/mol. The van der Waals surface area contributed by atoms with Crippen LogP contribution in [0.25, 0.3) is 0 Å². The number of carbonyl (C=O) groups excluding carboxylic acids is 2. The monoisotopic (exact) mass is 434 g/mol. The molecular formula is C21H30N4O4S. The van der Waals surface area contributed by atoms with Gasteiger partial charge < -0.3 is 10.2 Å². The largest absolute Gasteiger partial charge is 0.358 e. The van der Waals surface area contributed by atoms with Crippen molar-refractivity contribution in [3.05, 3.63) is 18.2 Å². The first kappa shape index (κ1) is 21.1. The molecule has 2 aliphatic heterocycles. The Bertz CT molecular complexity index is 940. The van der Waals surface area contributed by atoms with Crippen LogP contribution in [0.2, 0.25) is 0 Å².